The van der Waals surface area contributed by atoms with Crippen LogP contribution in [-0.4, -0.2) is 56.9 Å². The van der Waals surface area contributed by atoms with Crippen molar-refractivity contribution in [1.82, 2.24) is 4.90 Å². The van der Waals surface area contributed by atoms with Crippen LogP contribution in [0.5, 0.6) is 11.5 Å². The Kier molecular flexibility index (Phi) is 9.22. The topological polar surface area (TPSA) is 74.3 Å². The number of ether oxygens (including phenoxy) is 4. The van der Waals surface area contributed by atoms with Crippen molar-refractivity contribution >= 4 is 11.9 Å². The zero-order valence-corrected chi connectivity index (χ0v) is 15.8. The Bertz CT molecular complexity index is 616. The first kappa shape index (κ1) is 21.5. The molecule has 26 heavy (non-hydrogen) atoms. The summed E-state index contributed by atoms with van der Waals surface area (Å²) in [7, 11) is 3.12. The Hall–Kier alpha value is -2.54. The summed E-state index contributed by atoms with van der Waals surface area (Å²) >= 11 is 0. The molecule has 0 N–H and O–H groups in total. The number of carbonyl (C=O) groups excluding carboxylic acids is 2. The summed E-state index contributed by atoms with van der Waals surface area (Å²) in [4.78, 5) is 25.7. The molecule has 1 aromatic rings. The molecule has 1 atom stereocenters. The summed E-state index contributed by atoms with van der Waals surface area (Å²) in [6.07, 6.45) is 0.790. The lowest BCUT2D eigenvalue weighted by Crippen LogP contribution is -2.35. The zero-order valence-electron chi connectivity index (χ0n) is 15.8. The van der Waals surface area contributed by atoms with Crippen molar-refractivity contribution in [3.8, 4) is 11.5 Å². The highest BCUT2D eigenvalue weighted by molar-refractivity contribution is 5.82. The van der Waals surface area contributed by atoms with Gasteiger partial charge in [-0.25, -0.2) is 4.79 Å². The van der Waals surface area contributed by atoms with Crippen molar-refractivity contribution in [3.05, 3.63) is 36.4 Å². The van der Waals surface area contributed by atoms with Gasteiger partial charge in [0.05, 0.1) is 20.8 Å². The second-order valence-electron chi connectivity index (χ2n) is 5.47. The van der Waals surface area contributed by atoms with Gasteiger partial charge in [0.25, 0.3) is 5.91 Å². The van der Waals surface area contributed by atoms with Gasteiger partial charge < -0.3 is 23.8 Å². The van der Waals surface area contributed by atoms with Crippen LogP contribution in [0.4, 0.5) is 0 Å². The van der Waals surface area contributed by atoms with Crippen LogP contribution in [0.3, 0.4) is 0 Å². The van der Waals surface area contributed by atoms with Crippen molar-refractivity contribution in [2.45, 2.75) is 26.5 Å². The highest BCUT2D eigenvalue weighted by Gasteiger charge is 2.19. The van der Waals surface area contributed by atoms with E-state index in [0.29, 0.717) is 24.6 Å². The van der Waals surface area contributed by atoms with Gasteiger partial charge in [0, 0.05) is 13.1 Å². The molecule has 0 spiro atoms. The number of amides is 1. The lowest BCUT2D eigenvalue weighted by molar-refractivity contribution is -0.160. The number of likely N-dealkylation sites (N-methyl/N-ethyl adjacent to an activating group) is 1. The molecule has 1 amide bonds. The van der Waals surface area contributed by atoms with Gasteiger partial charge in [-0.2, -0.15) is 0 Å². The molecule has 0 aromatic heterocycles. The third-order valence-electron chi connectivity index (χ3n) is 3.69. The van der Waals surface area contributed by atoms with Crippen LogP contribution in [0.2, 0.25) is 0 Å². The van der Waals surface area contributed by atoms with Gasteiger partial charge in [-0.3, -0.25) is 4.79 Å². The normalized spacial score (nSPS) is 11.4. The smallest absolute Gasteiger partial charge is 0.335 e. The number of esters is 1. The van der Waals surface area contributed by atoms with E-state index in [-0.39, 0.29) is 19.1 Å². The first-order valence-electron chi connectivity index (χ1n) is 8.34. The van der Waals surface area contributed by atoms with Crippen LogP contribution in [0.15, 0.2) is 30.9 Å². The zero-order chi connectivity index (χ0) is 19.5. The van der Waals surface area contributed by atoms with Gasteiger partial charge in [-0.05, 0) is 31.5 Å². The lowest BCUT2D eigenvalue weighted by atomic mass is 10.2. The van der Waals surface area contributed by atoms with E-state index in [1.165, 1.54) is 6.08 Å². The van der Waals surface area contributed by atoms with E-state index in [4.69, 9.17) is 18.9 Å². The van der Waals surface area contributed by atoms with Crippen LogP contribution in [0.25, 0.3) is 0 Å². The first-order valence-corrected chi connectivity index (χ1v) is 8.34. The molecule has 1 rings (SSSR count). The van der Waals surface area contributed by atoms with Crippen molar-refractivity contribution in [1.29, 1.82) is 0 Å². The number of rotatable bonds is 11. The van der Waals surface area contributed by atoms with Crippen molar-refractivity contribution in [2.24, 2.45) is 0 Å². The summed E-state index contributed by atoms with van der Waals surface area (Å²) in [6, 6.07) is 5.45. The fraction of sp³-hybridized carbons (Fsp3) is 0.474. The number of methoxy groups -OCH3 is 2. The standard InChI is InChI=1S/C19H27NO6/c1-6-10-25-14(3)19(22)26-13-18(21)20(7-2)12-15-8-9-16(23-4)17(11-15)24-5/h6,8-9,11,14H,1,7,10,12-13H2,2-5H3. The third-order valence-corrected chi connectivity index (χ3v) is 3.69. The predicted molar refractivity (Wildman–Crippen MR) is 97.2 cm³/mol. The molecule has 0 saturated heterocycles. The second kappa shape index (κ2) is 11.1. The van der Waals surface area contributed by atoms with Gasteiger partial charge in [-0.1, -0.05) is 12.1 Å². The van der Waals surface area contributed by atoms with E-state index < -0.39 is 12.1 Å². The molecule has 0 aliphatic heterocycles. The molecular weight excluding hydrogens is 338 g/mol. The van der Waals surface area contributed by atoms with E-state index in [9.17, 15) is 9.59 Å². The quantitative estimate of drug-likeness (QED) is 0.442. The van der Waals surface area contributed by atoms with Crippen molar-refractivity contribution < 1.29 is 28.5 Å². The van der Waals surface area contributed by atoms with Crippen LogP contribution >= 0.6 is 0 Å². The minimum atomic E-state index is -0.748. The molecule has 7 heteroatoms. The van der Waals surface area contributed by atoms with Crippen LogP contribution in [0, 0.1) is 0 Å². The Morgan fingerprint density at radius 2 is 1.92 bits per heavy atom. The molecule has 0 heterocycles. The van der Waals surface area contributed by atoms with Crippen molar-refractivity contribution in [3.63, 3.8) is 0 Å². The van der Waals surface area contributed by atoms with Gasteiger partial charge in [0.15, 0.2) is 24.2 Å². The number of hydrogen-bond donors (Lipinski definition) is 0. The summed E-state index contributed by atoms with van der Waals surface area (Å²) in [5.74, 6) is 0.343. The molecule has 7 nitrogen and oxygen atoms in total. The Morgan fingerprint density at radius 1 is 1.23 bits per heavy atom. The van der Waals surface area contributed by atoms with Gasteiger partial charge in [0.2, 0.25) is 0 Å². The lowest BCUT2D eigenvalue weighted by Gasteiger charge is -2.22. The SMILES string of the molecule is C=CCOC(C)C(=O)OCC(=O)N(CC)Cc1ccc(OC)c(OC)c1. The summed E-state index contributed by atoms with van der Waals surface area (Å²) in [5, 5.41) is 0. The molecule has 1 aromatic carbocycles. The molecule has 0 radical (unpaired) electrons. The highest BCUT2D eigenvalue weighted by Crippen LogP contribution is 2.28. The predicted octanol–water partition coefficient (Wildman–Crippen LogP) is 2.19. The summed E-state index contributed by atoms with van der Waals surface area (Å²) in [6.45, 7) is 7.69. The Labute approximate surface area is 154 Å². The van der Waals surface area contributed by atoms with Gasteiger partial charge >= 0.3 is 5.97 Å². The Morgan fingerprint density at radius 3 is 2.50 bits per heavy atom. The summed E-state index contributed by atoms with van der Waals surface area (Å²) < 4.78 is 20.7. The average molecular weight is 365 g/mol. The van der Waals surface area contributed by atoms with Crippen LogP contribution < -0.4 is 9.47 Å². The van der Waals surface area contributed by atoms with Gasteiger partial charge in [0.1, 0.15) is 0 Å². The van der Waals surface area contributed by atoms with Crippen LogP contribution in [0.1, 0.15) is 19.4 Å². The first-order chi connectivity index (χ1) is 12.5. The van der Waals surface area contributed by atoms with Crippen LogP contribution in [-0.2, 0) is 25.6 Å². The molecule has 0 saturated carbocycles. The molecule has 0 aliphatic rings. The van der Waals surface area contributed by atoms with E-state index in [2.05, 4.69) is 6.58 Å². The fourth-order valence-corrected chi connectivity index (χ4v) is 2.20. The molecular formula is C19H27NO6. The number of benzene rings is 1. The minimum absolute atomic E-state index is 0.241. The maximum atomic E-state index is 12.3. The number of nitrogens with zero attached hydrogens (tertiary/aromatic N) is 1. The average Bonchev–Trinajstić information content (AvgIpc) is 2.67. The monoisotopic (exact) mass is 365 g/mol. The molecule has 144 valence electrons. The van der Waals surface area contributed by atoms with E-state index in [1.807, 2.05) is 19.1 Å². The molecule has 0 aliphatic carbocycles. The third kappa shape index (κ3) is 6.40. The maximum absolute atomic E-state index is 12.3. The van der Waals surface area contributed by atoms with E-state index in [1.54, 1.807) is 32.1 Å². The van der Waals surface area contributed by atoms with E-state index >= 15 is 0 Å². The Balaban J connectivity index is 2.63. The largest absolute Gasteiger partial charge is 0.493 e. The van der Waals surface area contributed by atoms with Gasteiger partial charge in [-0.15, -0.1) is 6.58 Å². The minimum Gasteiger partial charge on any atom is -0.493 e. The number of hydrogen-bond acceptors (Lipinski definition) is 6. The molecule has 0 bridgehead atoms. The highest BCUT2D eigenvalue weighted by atomic mass is 16.6. The maximum Gasteiger partial charge on any atom is 0.335 e. The second-order valence-corrected chi connectivity index (χ2v) is 5.47. The molecule has 0 fully saturated rings. The number of carbonyl (C=O) groups is 2. The fourth-order valence-electron chi connectivity index (χ4n) is 2.20. The van der Waals surface area contributed by atoms with Crippen molar-refractivity contribution in [2.75, 3.05) is 34.0 Å². The molecule has 1 unspecified atom stereocenters. The van der Waals surface area contributed by atoms with E-state index in [0.717, 1.165) is 5.56 Å². The summed E-state index contributed by atoms with van der Waals surface area (Å²) in [5.41, 5.74) is 0.881.